The lowest BCUT2D eigenvalue weighted by atomic mass is 9.92. The molecule has 0 aromatic carbocycles. The number of rotatable bonds is 4. The Morgan fingerprint density at radius 3 is 2.94 bits per heavy atom. The zero-order chi connectivity index (χ0) is 22.8. The predicted octanol–water partition coefficient (Wildman–Crippen LogP) is 3.22. The lowest BCUT2D eigenvalue weighted by molar-refractivity contribution is 0.0669. The van der Waals surface area contributed by atoms with E-state index in [1.165, 1.54) is 19.3 Å². The van der Waals surface area contributed by atoms with Gasteiger partial charge in [-0.25, -0.2) is 15.0 Å². The smallest absolute Gasteiger partial charge is 0.255 e. The zero-order valence-electron chi connectivity index (χ0n) is 19.4. The molecule has 2 saturated heterocycles. The van der Waals surface area contributed by atoms with E-state index in [9.17, 15) is 4.79 Å². The standard InChI is InChI=1S/C26H29N7O/c1-31-24-20(11-19(13-29-24)26(34)32-10-7-17-6-9-27-21(17)15-32)30-25(31)22-12-18-3-2-8-28-23(18)33(22)14-16-4-5-16/h2-3,8,11-13,16-17,21,27H,4-7,9-10,14-15H2,1H3. The summed E-state index contributed by atoms with van der Waals surface area (Å²) < 4.78 is 4.34. The van der Waals surface area contributed by atoms with Gasteiger partial charge in [0.15, 0.2) is 11.5 Å². The fourth-order valence-corrected chi connectivity index (χ4v) is 5.84. The number of carbonyl (C=O) groups excluding carboxylic acids is 1. The Bertz CT molecular complexity index is 1420. The van der Waals surface area contributed by atoms with E-state index < -0.39 is 0 Å². The molecule has 0 radical (unpaired) electrons. The molecule has 1 N–H and O–H groups in total. The summed E-state index contributed by atoms with van der Waals surface area (Å²) in [5, 5.41) is 4.68. The number of imidazole rings is 1. The Labute approximate surface area is 198 Å². The fraction of sp³-hybridized carbons (Fsp3) is 0.462. The summed E-state index contributed by atoms with van der Waals surface area (Å²) in [7, 11) is 2.00. The monoisotopic (exact) mass is 455 g/mol. The van der Waals surface area contributed by atoms with Gasteiger partial charge in [0.25, 0.3) is 5.91 Å². The van der Waals surface area contributed by atoms with Crippen LogP contribution in [0.3, 0.4) is 0 Å². The van der Waals surface area contributed by atoms with E-state index >= 15 is 0 Å². The maximum absolute atomic E-state index is 13.3. The Hall–Kier alpha value is -3.26. The van der Waals surface area contributed by atoms with Crippen LogP contribution in [0.5, 0.6) is 0 Å². The van der Waals surface area contributed by atoms with E-state index in [0.717, 1.165) is 66.3 Å². The first kappa shape index (κ1) is 20.1. The molecule has 3 aliphatic rings. The lowest BCUT2D eigenvalue weighted by Crippen LogP contribution is -2.48. The molecule has 4 aromatic heterocycles. The van der Waals surface area contributed by atoms with Crippen LogP contribution in [-0.4, -0.2) is 60.6 Å². The average molecular weight is 456 g/mol. The maximum Gasteiger partial charge on any atom is 0.255 e. The molecular formula is C26H29N7O. The van der Waals surface area contributed by atoms with Crippen LogP contribution in [-0.2, 0) is 13.6 Å². The molecular weight excluding hydrogens is 426 g/mol. The van der Waals surface area contributed by atoms with Crippen molar-refractivity contribution in [2.24, 2.45) is 18.9 Å². The van der Waals surface area contributed by atoms with Gasteiger partial charge >= 0.3 is 0 Å². The summed E-state index contributed by atoms with van der Waals surface area (Å²) in [6.07, 6.45) is 8.42. The van der Waals surface area contributed by atoms with E-state index in [4.69, 9.17) is 4.98 Å². The third-order valence-corrected chi connectivity index (χ3v) is 7.94. The molecule has 0 spiro atoms. The highest BCUT2D eigenvalue weighted by atomic mass is 16.2. The number of aromatic nitrogens is 5. The molecule has 1 amide bonds. The third-order valence-electron chi connectivity index (χ3n) is 7.94. The molecule has 0 bridgehead atoms. The van der Waals surface area contributed by atoms with Crippen LogP contribution < -0.4 is 5.32 Å². The van der Waals surface area contributed by atoms with Crippen molar-refractivity contribution in [2.75, 3.05) is 19.6 Å². The summed E-state index contributed by atoms with van der Waals surface area (Å²) in [6.45, 7) is 3.63. The Morgan fingerprint density at radius 1 is 1.15 bits per heavy atom. The van der Waals surface area contributed by atoms with Crippen molar-refractivity contribution < 1.29 is 4.79 Å². The van der Waals surface area contributed by atoms with Gasteiger partial charge in [-0.1, -0.05) is 0 Å². The lowest BCUT2D eigenvalue weighted by Gasteiger charge is -2.34. The maximum atomic E-state index is 13.3. The molecule has 1 saturated carbocycles. The highest BCUT2D eigenvalue weighted by Gasteiger charge is 2.35. The van der Waals surface area contributed by atoms with Gasteiger partial charge in [-0.3, -0.25) is 4.79 Å². The van der Waals surface area contributed by atoms with Gasteiger partial charge in [-0.05, 0) is 68.3 Å². The minimum absolute atomic E-state index is 0.0563. The van der Waals surface area contributed by atoms with Crippen molar-refractivity contribution in [3.8, 4) is 11.5 Å². The van der Waals surface area contributed by atoms with Crippen LogP contribution in [0.25, 0.3) is 33.7 Å². The minimum Gasteiger partial charge on any atom is -0.337 e. The second-order valence-electron chi connectivity index (χ2n) is 10.2. The van der Waals surface area contributed by atoms with E-state index in [0.29, 0.717) is 23.4 Å². The number of amides is 1. The summed E-state index contributed by atoms with van der Waals surface area (Å²) in [5.74, 6) is 2.34. The molecule has 2 aliphatic heterocycles. The van der Waals surface area contributed by atoms with Crippen molar-refractivity contribution in [3.05, 3.63) is 42.2 Å². The van der Waals surface area contributed by atoms with E-state index in [2.05, 4.69) is 32.0 Å². The Morgan fingerprint density at radius 2 is 2.06 bits per heavy atom. The van der Waals surface area contributed by atoms with Crippen LogP contribution >= 0.6 is 0 Å². The van der Waals surface area contributed by atoms with Crippen molar-refractivity contribution in [1.82, 2.24) is 34.3 Å². The number of likely N-dealkylation sites (tertiary alicyclic amines) is 1. The molecule has 34 heavy (non-hydrogen) atoms. The van der Waals surface area contributed by atoms with Gasteiger partial charge in [-0.2, -0.15) is 0 Å². The second kappa shape index (κ2) is 7.63. The minimum atomic E-state index is 0.0563. The first-order chi connectivity index (χ1) is 16.7. The van der Waals surface area contributed by atoms with E-state index in [1.54, 1.807) is 6.20 Å². The highest BCUT2D eigenvalue weighted by Crippen LogP contribution is 2.35. The van der Waals surface area contributed by atoms with Crippen LogP contribution in [0, 0.1) is 11.8 Å². The SMILES string of the molecule is Cn1c(-c2cc3cccnc3n2CC2CC2)nc2cc(C(=O)N3CCC4CCNC4C3)cnc21. The number of nitrogens with zero attached hydrogens (tertiary/aromatic N) is 6. The molecule has 2 atom stereocenters. The second-order valence-corrected chi connectivity index (χ2v) is 10.2. The number of hydrogen-bond acceptors (Lipinski definition) is 5. The third kappa shape index (κ3) is 3.23. The van der Waals surface area contributed by atoms with Crippen molar-refractivity contribution >= 4 is 28.1 Å². The highest BCUT2D eigenvalue weighted by molar-refractivity contribution is 5.97. The number of fused-ring (bicyclic) bond motifs is 3. The summed E-state index contributed by atoms with van der Waals surface area (Å²) in [5.41, 5.74) is 4.23. The Balaban J connectivity index is 1.25. The molecule has 174 valence electrons. The van der Waals surface area contributed by atoms with Gasteiger partial charge in [0.2, 0.25) is 0 Å². The summed E-state index contributed by atoms with van der Waals surface area (Å²) in [4.78, 5) is 29.6. The van der Waals surface area contributed by atoms with E-state index in [-0.39, 0.29) is 5.91 Å². The predicted molar refractivity (Wildman–Crippen MR) is 130 cm³/mol. The Kier molecular flexibility index (Phi) is 4.52. The number of nitrogens with one attached hydrogen (secondary N) is 1. The van der Waals surface area contributed by atoms with Crippen LogP contribution in [0.2, 0.25) is 0 Å². The first-order valence-electron chi connectivity index (χ1n) is 12.5. The molecule has 4 aromatic rings. The van der Waals surface area contributed by atoms with Gasteiger partial charge < -0.3 is 19.4 Å². The largest absolute Gasteiger partial charge is 0.337 e. The van der Waals surface area contributed by atoms with Gasteiger partial charge in [0.05, 0.1) is 11.3 Å². The summed E-state index contributed by atoms with van der Waals surface area (Å²) >= 11 is 0. The van der Waals surface area contributed by atoms with Crippen LogP contribution in [0.4, 0.5) is 0 Å². The number of pyridine rings is 2. The molecule has 8 nitrogen and oxygen atoms in total. The van der Waals surface area contributed by atoms with Crippen LogP contribution in [0.15, 0.2) is 36.7 Å². The van der Waals surface area contributed by atoms with Crippen molar-refractivity contribution in [2.45, 2.75) is 38.3 Å². The molecule has 3 fully saturated rings. The fourth-order valence-electron chi connectivity index (χ4n) is 5.84. The number of carbonyl (C=O) groups is 1. The molecule has 8 heteroatoms. The van der Waals surface area contributed by atoms with Crippen LogP contribution in [0.1, 0.15) is 36.0 Å². The number of piperidine rings is 1. The van der Waals surface area contributed by atoms with Crippen molar-refractivity contribution in [1.29, 1.82) is 0 Å². The number of hydrogen-bond donors (Lipinski definition) is 1. The average Bonchev–Trinajstić information content (AvgIpc) is 3.29. The molecule has 7 rings (SSSR count). The topological polar surface area (TPSA) is 80.9 Å². The molecule has 1 aliphatic carbocycles. The summed E-state index contributed by atoms with van der Waals surface area (Å²) in [6, 6.07) is 8.60. The van der Waals surface area contributed by atoms with Gasteiger partial charge in [0.1, 0.15) is 11.2 Å². The molecule has 2 unspecified atom stereocenters. The van der Waals surface area contributed by atoms with Gasteiger partial charge in [-0.15, -0.1) is 0 Å². The number of aryl methyl sites for hydroxylation is 1. The first-order valence-corrected chi connectivity index (χ1v) is 12.5. The van der Waals surface area contributed by atoms with Crippen molar-refractivity contribution in [3.63, 3.8) is 0 Å². The van der Waals surface area contributed by atoms with E-state index in [1.807, 2.05) is 34.8 Å². The molecule has 6 heterocycles. The quantitative estimate of drug-likeness (QED) is 0.511. The normalized spacial score (nSPS) is 22.6. The zero-order valence-corrected chi connectivity index (χ0v) is 19.4. The van der Waals surface area contributed by atoms with Gasteiger partial charge in [0, 0.05) is 50.5 Å².